The highest BCUT2D eigenvalue weighted by Gasteiger charge is 2.31. The second kappa shape index (κ2) is 8.03. The van der Waals surface area contributed by atoms with Crippen LogP contribution >= 0.6 is 0 Å². The lowest BCUT2D eigenvalue weighted by atomic mass is 9.84. The van der Waals surface area contributed by atoms with Crippen LogP contribution in [0.1, 0.15) is 56.1 Å². The monoisotopic (exact) mass is 377 g/mol. The zero-order chi connectivity index (χ0) is 19.4. The van der Waals surface area contributed by atoms with Crippen molar-refractivity contribution in [2.75, 3.05) is 5.32 Å². The van der Waals surface area contributed by atoms with E-state index in [1.165, 1.54) is 50.7 Å². The molecule has 1 N–H and O–H groups in total. The largest absolute Gasteiger partial charge is 0.455 e. The molecule has 0 saturated heterocycles. The van der Waals surface area contributed by atoms with E-state index in [-0.39, 0.29) is 11.4 Å². The molecule has 6 heteroatoms. The molecule has 2 aromatic rings. The minimum atomic E-state index is -4.49. The molecule has 3 nitrogen and oxygen atoms in total. The molecule has 0 bridgehead atoms. The molecule has 0 atom stereocenters. The van der Waals surface area contributed by atoms with Crippen molar-refractivity contribution in [3.05, 3.63) is 53.6 Å². The summed E-state index contributed by atoms with van der Waals surface area (Å²) in [7, 11) is 0. The Morgan fingerprint density at radius 3 is 2.30 bits per heavy atom. The molecule has 1 aliphatic carbocycles. The Bertz CT molecular complexity index is 794. The molecule has 0 spiro atoms. The summed E-state index contributed by atoms with van der Waals surface area (Å²) in [6.07, 6.45) is 1.66. The van der Waals surface area contributed by atoms with E-state index in [4.69, 9.17) is 4.74 Å². The van der Waals surface area contributed by atoms with Gasteiger partial charge < -0.3 is 10.1 Å². The molecule has 0 aromatic heterocycles. The molecule has 27 heavy (non-hydrogen) atoms. The van der Waals surface area contributed by atoms with Crippen molar-refractivity contribution in [1.29, 1.82) is 0 Å². The van der Waals surface area contributed by atoms with Gasteiger partial charge in [-0.05, 0) is 54.7 Å². The molecule has 2 aromatic carbocycles. The summed E-state index contributed by atoms with van der Waals surface area (Å²) >= 11 is 0. The minimum absolute atomic E-state index is 0.00585. The standard InChI is InChI=1S/C21H22F3NO2/c1-14(26)25-19-13-17(21(22,23)24)9-12-20(19)27-18-10-7-16(8-11-18)15-5-3-2-4-6-15/h7-13,15H,2-6H2,1H3,(H,25,26). The number of benzene rings is 2. The first-order valence-electron chi connectivity index (χ1n) is 9.09. The maximum absolute atomic E-state index is 12.9. The molecular formula is C21H22F3NO2. The van der Waals surface area contributed by atoms with E-state index in [9.17, 15) is 18.0 Å². The lowest BCUT2D eigenvalue weighted by Gasteiger charge is -2.22. The molecule has 0 heterocycles. The smallest absolute Gasteiger partial charge is 0.416 e. The summed E-state index contributed by atoms with van der Waals surface area (Å²) in [5.74, 6) is 0.783. The Morgan fingerprint density at radius 1 is 1.04 bits per heavy atom. The molecular weight excluding hydrogens is 355 g/mol. The van der Waals surface area contributed by atoms with Crippen molar-refractivity contribution >= 4 is 11.6 Å². The number of hydrogen-bond donors (Lipinski definition) is 1. The molecule has 0 unspecified atom stereocenters. The Morgan fingerprint density at radius 2 is 1.70 bits per heavy atom. The molecule has 1 amide bonds. The Balaban J connectivity index is 1.80. The molecule has 0 radical (unpaired) electrons. The number of alkyl halides is 3. The predicted octanol–water partition coefficient (Wildman–Crippen LogP) is 6.50. The average Bonchev–Trinajstić information content (AvgIpc) is 2.63. The number of carbonyl (C=O) groups excluding carboxylic acids is 1. The molecule has 3 rings (SSSR count). The van der Waals surface area contributed by atoms with Crippen LogP contribution in [-0.2, 0) is 11.0 Å². The number of carbonyl (C=O) groups is 1. The van der Waals surface area contributed by atoms with Gasteiger partial charge in [0.2, 0.25) is 5.91 Å². The molecule has 1 fully saturated rings. The fourth-order valence-corrected chi connectivity index (χ4v) is 3.45. The molecule has 1 saturated carbocycles. The van der Waals surface area contributed by atoms with E-state index in [0.717, 1.165) is 12.1 Å². The number of hydrogen-bond acceptors (Lipinski definition) is 2. The summed E-state index contributed by atoms with van der Waals surface area (Å²) in [5.41, 5.74) is 0.413. The number of halogens is 3. The lowest BCUT2D eigenvalue weighted by molar-refractivity contribution is -0.137. The predicted molar refractivity (Wildman–Crippen MR) is 98.1 cm³/mol. The fourth-order valence-electron chi connectivity index (χ4n) is 3.45. The summed E-state index contributed by atoms with van der Waals surface area (Å²) in [5, 5.41) is 2.41. The summed E-state index contributed by atoms with van der Waals surface area (Å²) < 4.78 is 44.5. The van der Waals surface area contributed by atoms with Gasteiger partial charge in [-0.25, -0.2) is 0 Å². The zero-order valence-corrected chi connectivity index (χ0v) is 15.1. The van der Waals surface area contributed by atoms with Crippen molar-refractivity contribution in [1.82, 2.24) is 0 Å². The van der Waals surface area contributed by atoms with Crippen LogP contribution in [0.3, 0.4) is 0 Å². The van der Waals surface area contributed by atoms with Gasteiger partial charge in [0.1, 0.15) is 5.75 Å². The maximum Gasteiger partial charge on any atom is 0.416 e. The van der Waals surface area contributed by atoms with E-state index in [2.05, 4.69) is 5.32 Å². The van der Waals surface area contributed by atoms with Gasteiger partial charge in [-0.2, -0.15) is 13.2 Å². The summed E-state index contributed by atoms with van der Waals surface area (Å²) in [4.78, 5) is 11.4. The lowest BCUT2D eigenvalue weighted by Crippen LogP contribution is -2.10. The number of anilines is 1. The van der Waals surface area contributed by atoms with Gasteiger partial charge >= 0.3 is 6.18 Å². The van der Waals surface area contributed by atoms with Gasteiger partial charge in [-0.1, -0.05) is 31.4 Å². The van der Waals surface area contributed by atoms with Crippen molar-refractivity contribution in [2.45, 2.75) is 51.1 Å². The van der Waals surface area contributed by atoms with Crippen molar-refractivity contribution in [3.63, 3.8) is 0 Å². The van der Waals surface area contributed by atoms with Crippen LogP contribution in [0.2, 0.25) is 0 Å². The van der Waals surface area contributed by atoms with E-state index < -0.39 is 17.6 Å². The third-order valence-corrected chi connectivity index (χ3v) is 4.80. The second-order valence-electron chi connectivity index (χ2n) is 6.90. The first-order valence-corrected chi connectivity index (χ1v) is 9.09. The first kappa shape index (κ1) is 19.3. The maximum atomic E-state index is 12.9. The van der Waals surface area contributed by atoms with Crippen molar-refractivity contribution < 1.29 is 22.7 Å². The van der Waals surface area contributed by atoms with E-state index in [0.29, 0.717) is 11.7 Å². The van der Waals surface area contributed by atoms with E-state index in [1.54, 1.807) is 0 Å². The highest BCUT2D eigenvalue weighted by molar-refractivity contribution is 5.90. The van der Waals surface area contributed by atoms with Crippen LogP contribution in [0.5, 0.6) is 11.5 Å². The number of ether oxygens (including phenoxy) is 1. The Kier molecular flexibility index (Phi) is 5.73. The van der Waals surface area contributed by atoms with Crippen molar-refractivity contribution in [3.8, 4) is 11.5 Å². The molecule has 0 aliphatic heterocycles. The third kappa shape index (κ3) is 5.02. The van der Waals surface area contributed by atoms with Crippen LogP contribution in [-0.4, -0.2) is 5.91 Å². The van der Waals surface area contributed by atoms with E-state index in [1.807, 2.05) is 24.3 Å². The van der Waals surface area contributed by atoms with Crippen LogP contribution in [0, 0.1) is 0 Å². The highest BCUT2D eigenvalue weighted by Crippen LogP contribution is 2.38. The number of rotatable bonds is 4. The number of amides is 1. The van der Waals surface area contributed by atoms with Crippen LogP contribution < -0.4 is 10.1 Å². The van der Waals surface area contributed by atoms with Crippen LogP contribution in [0.15, 0.2) is 42.5 Å². The zero-order valence-electron chi connectivity index (χ0n) is 15.1. The normalized spacial score (nSPS) is 15.4. The fraction of sp³-hybridized carbons (Fsp3) is 0.381. The Labute approximate surface area is 156 Å². The van der Waals surface area contributed by atoms with Gasteiger partial charge in [0, 0.05) is 6.92 Å². The third-order valence-electron chi connectivity index (χ3n) is 4.80. The highest BCUT2D eigenvalue weighted by atomic mass is 19.4. The first-order chi connectivity index (χ1) is 12.8. The quantitative estimate of drug-likeness (QED) is 0.660. The van der Waals surface area contributed by atoms with Gasteiger partial charge in [-0.15, -0.1) is 0 Å². The summed E-state index contributed by atoms with van der Waals surface area (Å²) in [6.45, 7) is 1.24. The molecule has 1 aliphatic rings. The van der Waals surface area contributed by atoms with Gasteiger partial charge in [-0.3, -0.25) is 4.79 Å². The van der Waals surface area contributed by atoms with Gasteiger partial charge in [0.05, 0.1) is 11.3 Å². The summed E-state index contributed by atoms with van der Waals surface area (Å²) in [6, 6.07) is 10.7. The number of nitrogens with one attached hydrogen (secondary N) is 1. The molecule has 144 valence electrons. The second-order valence-corrected chi connectivity index (χ2v) is 6.90. The Hall–Kier alpha value is -2.50. The van der Waals surface area contributed by atoms with Crippen LogP contribution in [0.25, 0.3) is 0 Å². The van der Waals surface area contributed by atoms with Gasteiger partial charge in [0.25, 0.3) is 0 Å². The SMILES string of the molecule is CC(=O)Nc1cc(C(F)(F)F)ccc1Oc1ccc(C2CCCCC2)cc1. The van der Waals surface area contributed by atoms with Crippen molar-refractivity contribution in [2.24, 2.45) is 0 Å². The topological polar surface area (TPSA) is 38.3 Å². The van der Waals surface area contributed by atoms with Gasteiger partial charge in [0.15, 0.2) is 5.75 Å². The minimum Gasteiger partial charge on any atom is -0.455 e. The average molecular weight is 377 g/mol. The van der Waals surface area contributed by atoms with Crippen LogP contribution in [0.4, 0.5) is 18.9 Å². The van der Waals surface area contributed by atoms with E-state index >= 15 is 0 Å².